The standard InChI is InChI=1S/C16H22N4O/c1-11(2)14-15(17)18-10-19-16(14)20(3)9-12-5-7-13(21-4)8-6-12/h5-8,10-11H,9H2,1-4H3,(H2,17,18,19). The van der Waals surface area contributed by atoms with Gasteiger partial charge in [-0.15, -0.1) is 0 Å². The van der Waals surface area contributed by atoms with Crippen LogP contribution in [-0.2, 0) is 6.54 Å². The summed E-state index contributed by atoms with van der Waals surface area (Å²) in [5.74, 6) is 2.57. The molecule has 0 saturated heterocycles. The van der Waals surface area contributed by atoms with Crippen molar-refractivity contribution < 1.29 is 4.74 Å². The molecule has 0 fully saturated rings. The van der Waals surface area contributed by atoms with Gasteiger partial charge >= 0.3 is 0 Å². The first-order chi connectivity index (χ1) is 10.0. The average Bonchev–Trinajstić information content (AvgIpc) is 2.47. The molecule has 2 aromatic rings. The van der Waals surface area contributed by atoms with Crippen molar-refractivity contribution in [1.82, 2.24) is 9.97 Å². The quantitative estimate of drug-likeness (QED) is 0.915. The van der Waals surface area contributed by atoms with Gasteiger partial charge in [0.2, 0.25) is 0 Å². The van der Waals surface area contributed by atoms with Gasteiger partial charge in [0.25, 0.3) is 0 Å². The van der Waals surface area contributed by atoms with Crippen molar-refractivity contribution in [2.45, 2.75) is 26.3 Å². The third-order valence-electron chi connectivity index (χ3n) is 3.41. The first kappa shape index (κ1) is 15.1. The zero-order chi connectivity index (χ0) is 15.4. The number of rotatable bonds is 5. The van der Waals surface area contributed by atoms with Crippen molar-refractivity contribution in [3.8, 4) is 5.75 Å². The molecule has 0 saturated carbocycles. The third kappa shape index (κ3) is 3.42. The second-order valence-electron chi connectivity index (χ2n) is 5.36. The molecule has 1 aromatic carbocycles. The zero-order valence-electron chi connectivity index (χ0n) is 13.0. The summed E-state index contributed by atoms with van der Waals surface area (Å²) in [4.78, 5) is 10.6. The molecule has 21 heavy (non-hydrogen) atoms. The van der Waals surface area contributed by atoms with Gasteiger partial charge in [0.1, 0.15) is 23.7 Å². The molecular formula is C16H22N4O. The molecule has 5 nitrogen and oxygen atoms in total. The lowest BCUT2D eigenvalue weighted by molar-refractivity contribution is 0.414. The van der Waals surface area contributed by atoms with Crippen LogP contribution in [0.15, 0.2) is 30.6 Å². The highest BCUT2D eigenvalue weighted by Crippen LogP contribution is 2.29. The molecule has 0 aliphatic rings. The molecule has 0 spiro atoms. The van der Waals surface area contributed by atoms with Gasteiger partial charge in [-0.3, -0.25) is 0 Å². The number of hydrogen-bond acceptors (Lipinski definition) is 5. The lowest BCUT2D eigenvalue weighted by Gasteiger charge is -2.23. The fraction of sp³-hybridized carbons (Fsp3) is 0.375. The maximum atomic E-state index is 6.00. The number of hydrogen-bond donors (Lipinski definition) is 1. The highest BCUT2D eigenvalue weighted by molar-refractivity contribution is 5.58. The molecule has 0 amide bonds. The van der Waals surface area contributed by atoms with Crippen LogP contribution in [0.1, 0.15) is 30.9 Å². The molecular weight excluding hydrogens is 264 g/mol. The summed E-state index contributed by atoms with van der Waals surface area (Å²) in [5, 5.41) is 0. The minimum absolute atomic E-state index is 0.277. The van der Waals surface area contributed by atoms with Crippen molar-refractivity contribution in [3.05, 3.63) is 41.7 Å². The van der Waals surface area contributed by atoms with Gasteiger partial charge < -0.3 is 15.4 Å². The lowest BCUT2D eigenvalue weighted by Crippen LogP contribution is -2.21. The Bertz CT molecular complexity index is 596. The molecule has 0 unspecified atom stereocenters. The van der Waals surface area contributed by atoms with Crippen LogP contribution < -0.4 is 15.4 Å². The van der Waals surface area contributed by atoms with Crippen LogP contribution in [0.5, 0.6) is 5.75 Å². The first-order valence-corrected chi connectivity index (χ1v) is 6.97. The highest BCUT2D eigenvalue weighted by Gasteiger charge is 2.16. The Morgan fingerprint density at radius 3 is 2.43 bits per heavy atom. The molecule has 0 bridgehead atoms. The molecule has 2 N–H and O–H groups in total. The normalized spacial score (nSPS) is 10.7. The number of nitrogens with two attached hydrogens (primary N) is 1. The van der Waals surface area contributed by atoms with Gasteiger partial charge in [0.15, 0.2) is 0 Å². The van der Waals surface area contributed by atoms with E-state index in [1.165, 1.54) is 11.9 Å². The molecule has 0 radical (unpaired) electrons. The molecule has 0 atom stereocenters. The van der Waals surface area contributed by atoms with E-state index in [2.05, 4.69) is 40.8 Å². The zero-order valence-corrected chi connectivity index (χ0v) is 13.0. The molecule has 1 heterocycles. The predicted octanol–water partition coefficient (Wildman–Crippen LogP) is 2.83. The van der Waals surface area contributed by atoms with Gasteiger partial charge in [0, 0.05) is 19.2 Å². The van der Waals surface area contributed by atoms with Gasteiger partial charge in [-0.05, 0) is 23.6 Å². The minimum atomic E-state index is 0.277. The fourth-order valence-electron chi connectivity index (χ4n) is 2.34. The van der Waals surface area contributed by atoms with Crippen LogP contribution >= 0.6 is 0 Å². The lowest BCUT2D eigenvalue weighted by atomic mass is 10.0. The number of ether oxygens (including phenoxy) is 1. The summed E-state index contributed by atoms with van der Waals surface area (Å²) in [6, 6.07) is 8.02. The van der Waals surface area contributed by atoms with E-state index in [4.69, 9.17) is 10.5 Å². The van der Waals surface area contributed by atoms with Crippen molar-refractivity contribution in [2.24, 2.45) is 0 Å². The van der Waals surface area contributed by atoms with Gasteiger partial charge in [-0.1, -0.05) is 26.0 Å². The first-order valence-electron chi connectivity index (χ1n) is 6.97. The Morgan fingerprint density at radius 2 is 1.86 bits per heavy atom. The van der Waals surface area contributed by atoms with Gasteiger partial charge in [-0.25, -0.2) is 9.97 Å². The highest BCUT2D eigenvalue weighted by atomic mass is 16.5. The topological polar surface area (TPSA) is 64.3 Å². The van der Waals surface area contributed by atoms with Crippen LogP contribution in [0.4, 0.5) is 11.6 Å². The van der Waals surface area contributed by atoms with Crippen LogP contribution in [-0.4, -0.2) is 24.1 Å². The smallest absolute Gasteiger partial charge is 0.137 e. The van der Waals surface area contributed by atoms with Crippen LogP contribution in [0.3, 0.4) is 0 Å². The van der Waals surface area contributed by atoms with Crippen molar-refractivity contribution in [2.75, 3.05) is 24.8 Å². The second kappa shape index (κ2) is 6.43. The van der Waals surface area contributed by atoms with E-state index in [-0.39, 0.29) is 5.92 Å². The van der Waals surface area contributed by atoms with Gasteiger partial charge in [-0.2, -0.15) is 0 Å². The predicted molar refractivity (Wildman–Crippen MR) is 85.6 cm³/mol. The number of benzene rings is 1. The number of aromatic nitrogens is 2. The van der Waals surface area contributed by atoms with Gasteiger partial charge in [0.05, 0.1) is 7.11 Å². The van der Waals surface area contributed by atoms with E-state index in [0.29, 0.717) is 5.82 Å². The van der Waals surface area contributed by atoms with E-state index >= 15 is 0 Å². The Kier molecular flexibility index (Phi) is 4.62. The summed E-state index contributed by atoms with van der Waals surface area (Å²) in [5.41, 5.74) is 8.18. The Balaban J connectivity index is 2.23. The van der Waals surface area contributed by atoms with E-state index < -0.39 is 0 Å². The molecule has 1 aromatic heterocycles. The molecule has 2 rings (SSSR count). The largest absolute Gasteiger partial charge is 0.497 e. The number of nitrogens with zero attached hydrogens (tertiary/aromatic N) is 3. The molecule has 0 aliphatic heterocycles. The van der Waals surface area contributed by atoms with Crippen LogP contribution in [0.2, 0.25) is 0 Å². The third-order valence-corrected chi connectivity index (χ3v) is 3.41. The number of nitrogen functional groups attached to an aromatic ring is 1. The summed E-state index contributed by atoms with van der Waals surface area (Å²) < 4.78 is 5.17. The summed E-state index contributed by atoms with van der Waals surface area (Å²) in [6.45, 7) is 4.94. The van der Waals surface area contributed by atoms with E-state index in [1.807, 2.05) is 19.2 Å². The van der Waals surface area contributed by atoms with E-state index in [0.717, 1.165) is 23.7 Å². The molecule has 5 heteroatoms. The Morgan fingerprint density at radius 1 is 1.19 bits per heavy atom. The molecule has 0 aliphatic carbocycles. The van der Waals surface area contributed by atoms with Crippen molar-refractivity contribution in [3.63, 3.8) is 0 Å². The maximum absolute atomic E-state index is 6.00. The molecule has 112 valence electrons. The fourth-order valence-corrected chi connectivity index (χ4v) is 2.34. The Hall–Kier alpha value is -2.30. The average molecular weight is 286 g/mol. The SMILES string of the molecule is COc1ccc(CN(C)c2ncnc(N)c2C(C)C)cc1. The Labute approximate surface area is 125 Å². The van der Waals surface area contributed by atoms with Crippen molar-refractivity contribution in [1.29, 1.82) is 0 Å². The maximum Gasteiger partial charge on any atom is 0.137 e. The summed E-state index contributed by atoms with van der Waals surface area (Å²) in [7, 11) is 3.68. The second-order valence-corrected chi connectivity index (χ2v) is 5.36. The van der Waals surface area contributed by atoms with E-state index in [9.17, 15) is 0 Å². The number of methoxy groups -OCH3 is 1. The van der Waals surface area contributed by atoms with Crippen molar-refractivity contribution >= 4 is 11.6 Å². The van der Waals surface area contributed by atoms with E-state index in [1.54, 1.807) is 7.11 Å². The minimum Gasteiger partial charge on any atom is -0.497 e. The summed E-state index contributed by atoms with van der Waals surface area (Å²) in [6.07, 6.45) is 1.51. The van der Waals surface area contributed by atoms with Crippen LogP contribution in [0, 0.1) is 0 Å². The summed E-state index contributed by atoms with van der Waals surface area (Å²) >= 11 is 0. The monoisotopic (exact) mass is 286 g/mol. The van der Waals surface area contributed by atoms with Crippen LogP contribution in [0.25, 0.3) is 0 Å². The number of anilines is 2.